The summed E-state index contributed by atoms with van der Waals surface area (Å²) >= 11 is 0. The van der Waals surface area contributed by atoms with Crippen LogP contribution < -0.4 is 10.6 Å². The largest absolute Gasteiger partial charge is 0.380 e. The molecule has 0 bridgehead atoms. The molecule has 1 aromatic heterocycles. The molecule has 128 valence electrons. The van der Waals surface area contributed by atoms with Gasteiger partial charge in [-0.25, -0.2) is 4.98 Å². The van der Waals surface area contributed by atoms with E-state index in [-0.39, 0.29) is 24.0 Å². The normalized spacial score (nSPS) is 11.4. The van der Waals surface area contributed by atoms with Crippen molar-refractivity contribution in [3.05, 3.63) is 18.7 Å². The zero-order valence-corrected chi connectivity index (χ0v) is 16.2. The summed E-state index contributed by atoms with van der Waals surface area (Å²) in [4.78, 5) is 8.21. The molecule has 0 radical (unpaired) electrons. The van der Waals surface area contributed by atoms with Crippen molar-refractivity contribution in [1.29, 1.82) is 0 Å². The van der Waals surface area contributed by atoms with E-state index in [1.807, 2.05) is 12.5 Å². The molecule has 0 atom stereocenters. The second-order valence-corrected chi connectivity index (χ2v) is 5.37. The Morgan fingerprint density at radius 1 is 1.27 bits per heavy atom. The predicted molar refractivity (Wildman–Crippen MR) is 102 cm³/mol. The molecule has 0 unspecified atom stereocenters. The van der Waals surface area contributed by atoms with Gasteiger partial charge in [0.1, 0.15) is 0 Å². The highest BCUT2D eigenvalue weighted by Gasteiger charge is 1.98. The highest BCUT2D eigenvalue weighted by atomic mass is 127. The van der Waals surface area contributed by atoms with Gasteiger partial charge in [0.15, 0.2) is 5.96 Å². The van der Waals surface area contributed by atoms with Crippen molar-refractivity contribution in [1.82, 2.24) is 20.2 Å². The minimum absolute atomic E-state index is 0. The molecule has 7 heteroatoms. The Hall–Kier alpha value is -0.830. The molecule has 0 aromatic carbocycles. The minimum atomic E-state index is 0. The van der Waals surface area contributed by atoms with Crippen molar-refractivity contribution >= 4 is 29.9 Å². The van der Waals surface area contributed by atoms with E-state index in [1.165, 1.54) is 0 Å². The molecule has 1 aromatic rings. The SMILES string of the molecule is CN=C(NCCCn1ccnc1)NCCOCCC(C)C.I. The summed E-state index contributed by atoms with van der Waals surface area (Å²) in [5.41, 5.74) is 0. The molecule has 0 saturated heterocycles. The summed E-state index contributed by atoms with van der Waals surface area (Å²) in [6.07, 6.45) is 7.75. The molecule has 0 aliphatic carbocycles. The lowest BCUT2D eigenvalue weighted by Gasteiger charge is -2.12. The zero-order valence-electron chi connectivity index (χ0n) is 13.9. The van der Waals surface area contributed by atoms with Gasteiger partial charge in [-0.2, -0.15) is 0 Å². The van der Waals surface area contributed by atoms with E-state index in [4.69, 9.17) is 4.74 Å². The first-order valence-electron chi connectivity index (χ1n) is 7.70. The molecule has 0 spiro atoms. The molecule has 1 heterocycles. The van der Waals surface area contributed by atoms with Crippen molar-refractivity contribution in [3.8, 4) is 0 Å². The summed E-state index contributed by atoms with van der Waals surface area (Å²) < 4.78 is 7.63. The Morgan fingerprint density at radius 2 is 2.05 bits per heavy atom. The van der Waals surface area contributed by atoms with Crippen molar-refractivity contribution < 1.29 is 4.74 Å². The zero-order chi connectivity index (χ0) is 15.3. The van der Waals surface area contributed by atoms with Gasteiger partial charge in [-0.1, -0.05) is 13.8 Å². The quantitative estimate of drug-likeness (QED) is 0.262. The van der Waals surface area contributed by atoms with Gasteiger partial charge in [0.2, 0.25) is 0 Å². The van der Waals surface area contributed by atoms with Crippen LogP contribution in [0.25, 0.3) is 0 Å². The van der Waals surface area contributed by atoms with Crippen LogP contribution in [0.5, 0.6) is 0 Å². The smallest absolute Gasteiger partial charge is 0.191 e. The van der Waals surface area contributed by atoms with Crippen LogP contribution in [0, 0.1) is 5.92 Å². The summed E-state index contributed by atoms with van der Waals surface area (Å²) in [5.74, 6) is 1.52. The van der Waals surface area contributed by atoms with E-state index in [1.54, 1.807) is 13.2 Å². The fourth-order valence-corrected chi connectivity index (χ4v) is 1.77. The number of nitrogens with zero attached hydrogens (tertiary/aromatic N) is 3. The maximum atomic E-state index is 5.56. The van der Waals surface area contributed by atoms with E-state index >= 15 is 0 Å². The minimum Gasteiger partial charge on any atom is -0.380 e. The number of hydrogen-bond acceptors (Lipinski definition) is 3. The number of aryl methyl sites for hydroxylation is 1. The van der Waals surface area contributed by atoms with Crippen molar-refractivity contribution in [2.24, 2.45) is 10.9 Å². The van der Waals surface area contributed by atoms with E-state index in [9.17, 15) is 0 Å². The lowest BCUT2D eigenvalue weighted by molar-refractivity contribution is 0.128. The number of imidazole rings is 1. The molecule has 0 aliphatic heterocycles. The van der Waals surface area contributed by atoms with Gasteiger partial charge in [0.25, 0.3) is 0 Å². The molecular formula is C15H30IN5O. The highest BCUT2D eigenvalue weighted by molar-refractivity contribution is 14.0. The number of guanidine groups is 1. The standard InChI is InChI=1S/C15H29N5O.HI/c1-14(2)5-11-21-12-8-19-15(16-3)18-6-4-9-20-10-7-17-13-20;/h7,10,13-14H,4-6,8-9,11-12H2,1-3H3,(H2,16,18,19);1H. The second-order valence-electron chi connectivity index (χ2n) is 5.37. The molecule has 0 aliphatic rings. The maximum absolute atomic E-state index is 5.56. The molecular weight excluding hydrogens is 393 g/mol. The third-order valence-corrected chi connectivity index (χ3v) is 3.05. The Kier molecular flexibility index (Phi) is 13.3. The van der Waals surface area contributed by atoms with Gasteiger partial charge in [-0.05, 0) is 18.8 Å². The average Bonchev–Trinajstić information content (AvgIpc) is 2.97. The van der Waals surface area contributed by atoms with Gasteiger partial charge in [0.05, 0.1) is 12.9 Å². The molecule has 0 amide bonds. The molecule has 6 nitrogen and oxygen atoms in total. The molecule has 0 saturated carbocycles. The molecule has 2 N–H and O–H groups in total. The Balaban J connectivity index is 0.00000441. The average molecular weight is 423 g/mol. The first kappa shape index (κ1) is 21.2. The third-order valence-electron chi connectivity index (χ3n) is 3.05. The molecule has 22 heavy (non-hydrogen) atoms. The number of rotatable bonds is 10. The fourth-order valence-electron chi connectivity index (χ4n) is 1.77. The summed E-state index contributed by atoms with van der Waals surface area (Å²) in [6.45, 7) is 8.57. The monoisotopic (exact) mass is 423 g/mol. The van der Waals surface area contributed by atoms with Gasteiger partial charge in [0, 0.05) is 45.7 Å². The molecule has 0 fully saturated rings. The lowest BCUT2D eigenvalue weighted by Crippen LogP contribution is -2.39. The van der Waals surface area contributed by atoms with Crippen molar-refractivity contribution in [2.45, 2.75) is 33.2 Å². The van der Waals surface area contributed by atoms with Crippen LogP contribution >= 0.6 is 24.0 Å². The number of aliphatic imine (C=N–C) groups is 1. The Morgan fingerprint density at radius 3 is 2.68 bits per heavy atom. The Labute approximate surface area is 151 Å². The van der Waals surface area contributed by atoms with Gasteiger partial charge in [-0.15, -0.1) is 24.0 Å². The van der Waals surface area contributed by atoms with Crippen molar-refractivity contribution in [3.63, 3.8) is 0 Å². The number of hydrogen-bond donors (Lipinski definition) is 2. The number of ether oxygens (including phenoxy) is 1. The predicted octanol–water partition coefficient (Wildman–Crippen LogP) is 2.12. The fraction of sp³-hybridized carbons (Fsp3) is 0.733. The van der Waals surface area contributed by atoms with Crippen LogP contribution in [-0.2, 0) is 11.3 Å². The van der Waals surface area contributed by atoms with Gasteiger partial charge in [-0.3, -0.25) is 4.99 Å². The van der Waals surface area contributed by atoms with Crippen LogP contribution in [-0.4, -0.2) is 48.9 Å². The van der Waals surface area contributed by atoms with Crippen LogP contribution in [0.2, 0.25) is 0 Å². The molecule has 1 rings (SSSR count). The van der Waals surface area contributed by atoms with E-state index in [0.717, 1.165) is 45.0 Å². The summed E-state index contributed by atoms with van der Waals surface area (Å²) in [7, 11) is 1.78. The summed E-state index contributed by atoms with van der Waals surface area (Å²) in [6, 6.07) is 0. The lowest BCUT2D eigenvalue weighted by atomic mass is 10.1. The number of halogens is 1. The highest BCUT2D eigenvalue weighted by Crippen LogP contribution is 1.98. The number of nitrogens with one attached hydrogen (secondary N) is 2. The Bertz CT molecular complexity index is 381. The summed E-state index contributed by atoms with van der Waals surface area (Å²) in [5, 5.41) is 6.54. The van der Waals surface area contributed by atoms with Crippen LogP contribution in [0.1, 0.15) is 26.7 Å². The van der Waals surface area contributed by atoms with Crippen LogP contribution in [0.15, 0.2) is 23.7 Å². The second kappa shape index (κ2) is 13.8. The van der Waals surface area contributed by atoms with E-state index in [0.29, 0.717) is 12.5 Å². The van der Waals surface area contributed by atoms with E-state index < -0.39 is 0 Å². The van der Waals surface area contributed by atoms with Gasteiger partial charge >= 0.3 is 0 Å². The van der Waals surface area contributed by atoms with E-state index in [2.05, 4.69) is 39.0 Å². The first-order chi connectivity index (χ1) is 10.2. The van der Waals surface area contributed by atoms with Gasteiger partial charge < -0.3 is 19.9 Å². The first-order valence-corrected chi connectivity index (χ1v) is 7.70. The van der Waals surface area contributed by atoms with Crippen LogP contribution in [0.4, 0.5) is 0 Å². The topological polar surface area (TPSA) is 63.5 Å². The third kappa shape index (κ3) is 10.8. The number of aromatic nitrogens is 2. The van der Waals surface area contributed by atoms with Crippen LogP contribution in [0.3, 0.4) is 0 Å². The maximum Gasteiger partial charge on any atom is 0.191 e. The van der Waals surface area contributed by atoms with Crippen molar-refractivity contribution in [2.75, 3.05) is 33.4 Å².